The summed E-state index contributed by atoms with van der Waals surface area (Å²) in [6.45, 7) is 2.93. The highest BCUT2D eigenvalue weighted by Crippen LogP contribution is 2.26. The van der Waals surface area contributed by atoms with Gasteiger partial charge in [0.2, 0.25) is 0 Å². The van der Waals surface area contributed by atoms with Gasteiger partial charge in [0.05, 0.1) is 0 Å². The Morgan fingerprint density at radius 2 is 1.86 bits per heavy atom. The first-order chi connectivity index (χ1) is 6.47. The SMILES string of the molecule is CC1CC(NCCCCC(F)(F)F)C1. The lowest BCUT2D eigenvalue weighted by Gasteiger charge is -2.33. The molecule has 0 heterocycles. The minimum Gasteiger partial charge on any atom is -0.314 e. The molecule has 0 aliphatic heterocycles. The molecule has 1 fully saturated rings. The van der Waals surface area contributed by atoms with Crippen LogP contribution in [0.2, 0.25) is 0 Å². The van der Waals surface area contributed by atoms with Gasteiger partial charge in [-0.2, -0.15) is 13.2 Å². The second-order valence-corrected chi connectivity index (χ2v) is 4.30. The van der Waals surface area contributed by atoms with Crippen LogP contribution in [0.15, 0.2) is 0 Å². The first-order valence-corrected chi connectivity index (χ1v) is 5.27. The van der Waals surface area contributed by atoms with E-state index in [0.29, 0.717) is 12.5 Å². The van der Waals surface area contributed by atoms with Crippen molar-refractivity contribution in [3.8, 4) is 0 Å². The summed E-state index contributed by atoms with van der Waals surface area (Å²) >= 11 is 0. The Hall–Kier alpha value is -0.250. The largest absolute Gasteiger partial charge is 0.389 e. The highest BCUT2D eigenvalue weighted by Gasteiger charge is 2.26. The van der Waals surface area contributed by atoms with Gasteiger partial charge in [0.25, 0.3) is 0 Å². The van der Waals surface area contributed by atoms with Crippen LogP contribution >= 0.6 is 0 Å². The van der Waals surface area contributed by atoms with Crippen molar-refractivity contribution >= 4 is 0 Å². The molecule has 0 unspecified atom stereocenters. The van der Waals surface area contributed by atoms with Crippen molar-refractivity contribution in [3.05, 3.63) is 0 Å². The van der Waals surface area contributed by atoms with Crippen molar-refractivity contribution in [2.24, 2.45) is 5.92 Å². The van der Waals surface area contributed by atoms with Crippen LogP contribution in [0.1, 0.15) is 39.0 Å². The average molecular weight is 209 g/mol. The summed E-state index contributed by atoms with van der Waals surface area (Å²) in [7, 11) is 0. The number of unbranched alkanes of at least 4 members (excludes halogenated alkanes) is 1. The summed E-state index contributed by atoms with van der Waals surface area (Å²) in [4.78, 5) is 0. The standard InChI is InChI=1S/C10H18F3N/c1-8-6-9(7-8)14-5-3-2-4-10(11,12)13/h8-9,14H,2-7H2,1H3. The van der Waals surface area contributed by atoms with Gasteiger partial charge in [0.1, 0.15) is 0 Å². The molecule has 0 bridgehead atoms. The average Bonchev–Trinajstić information content (AvgIpc) is 1.98. The molecule has 1 aliphatic carbocycles. The molecule has 1 aliphatic rings. The maximum atomic E-state index is 11.7. The zero-order valence-corrected chi connectivity index (χ0v) is 8.53. The van der Waals surface area contributed by atoms with E-state index < -0.39 is 12.6 Å². The number of alkyl halides is 3. The lowest BCUT2D eigenvalue weighted by Crippen LogP contribution is -2.40. The predicted molar refractivity (Wildman–Crippen MR) is 50.1 cm³/mol. The molecule has 0 radical (unpaired) electrons. The lowest BCUT2D eigenvalue weighted by atomic mass is 9.82. The molecule has 4 heteroatoms. The van der Waals surface area contributed by atoms with E-state index in [9.17, 15) is 13.2 Å². The minimum absolute atomic E-state index is 0.249. The van der Waals surface area contributed by atoms with Crippen molar-refractivity contribution in [1.82, 2.24) is 5.32 Å². The van der Waals surface area contributed by atoms with Crippen LogP contribution in [0.5, 0.6) is 0 Å². The monoisotopic (exact) mass is 209 g/mol. The number of hydrogen-bond acceptors (Lipinski definition) is 1. The molecule has 0 spiro atoms. The smallest absolute Gasteiger partial charge is 0.314 e. The van der Waals surface area contributed by atoms with E-state index in [1.54, 1.807) is 0 Å². The first-order valence-electron chi connectivity index (χ1n) is 5.27. The quantitative estimate of drug-likeness (QED) is 0.686. The Balaban J connectivity index is 1.85. The minimum atomic E-state index is -3.98. The van der Waals surface area contributed by atoms with E-state index in [4.69, 9.17) is 0 Å². The van der Waals surface area contributed by atoms with Crippen LogP contribution in [-0.2, 0) is 0 Å². The third kappa shape index (κ3) is 4.84. The zero-order chi connectivity index (χ0) is 10.6. The predicted octanol–water partition coefficient (Wildman–Crippen LogP) is 3.11. The molecule has 84 valence electrons. The maximum absolute atomic E-state index is 11.7. The van der Waals surface area contributed by atoms with Crippen LogP contribution in [-0.4, -0.2) is 18.8 Å². The van der Waals surface area contributed by atoms with Gasteiger partial charge in [-0.1, -0.05) is 6.92 Å². The third-order valence-corrected chi connectivity index (χ3v) is 2.69. The fraction of sp³-hybridized carbons (Fsp3) is 1.00. The normalized spacial score (nSPS) is 27.4. The number of halogens is 3. The second-order valence-electron chi connectivity index (χ2n) is 4.30. The van der Waals surface area contributed by atoms with Crippen molar-refractivity contribution in [2.75, 3.05) is 6.54 Å². The summed E-state index contributed by atoms with van der Waals surface area (Å²) in [5.41, 5.74) is 0. The van der Waals surface area contributed by atoms with Gasteiger partial charge in [-0.3, -0.25) is 0 Å². The van der Waals surface area contributed by atoms with Crippen LogP contribution in [0.4, 0.5) is 13.2 Å². The molecule has 0 aromatic rings. The molecular formula is C10H18F3N. The van der Waals surface area contributed by atoms with Gasteiger partial charge < -0.3 is 5.32 Å². The summed E-state index contributed by atoms with van der Waals surface area (Å²) in [5.74, 6) is 0.794. The second kappa shape index (κ2) is 5.01. The molecular weight excluding hydrogens is 191 g/mol. The van der Waals surface area contributed by atoms with E-state index in [1.807, 2.05) is 0 Å². The number of rotatable bonds is 5. The Labute approximate surface area is 83.1 Å². The molecule has 0 aromatic heterocycles. The highest BCUT2D eigenvalue weighted by molar-refractivity contribution is 4.81. The number of hydrogen-bond donors (Lipinski definition) is 1. The van der Waals surface area contributed by atoms with Crippen molar-refractivity contribution in [2.45, 2.75) is 51.2 Å². The van der Waals surface area contributed by atoms with Crippen molar-refractivity contribution in [3.63, 3.8) is 0 Å². The van der Waals surface area contributed by atoms with Gasteiger partial charge in [-0.15, -0.1) is 0 Å². The van der Waals surface area contributed by atoms with Crippen LogP contribution < -0.4 is 5.32 Å². The zero-order valence-electron chi connectivity index (χ0n) is 8.53. The molecule has 1 nitrogen and oxygen atoms in total. The fourth-order valence-electron chi connectivity index (χ4n) is 1.83. The Kier molecular flexibility index (Phi) is 4.23. The molecule has 0 amide bonds. The summed E-state index contributed by atoms with van der Waals surface area (Å²) in [6.07, 6.45) is -1.39. The summed E-state index contributed by atoms with van der Waals surface area (Å²) in [5, 5.41) is 3.27. The fourth-order valence-corrected chi connectivity index (χ4v) is 1.83. The first kappa shape index (κ1) is 11.8. The Bertz CT molecular complexity index is 161. The van der Waals surface area contributed by atoms with Crippen LogP contribution in [0.3, 0.4) is 0 Å². The molecule has 1 N–H and O–H groups in total. The van der Waals surface area contributed by atoms with E-state index in [1.165, 1.54) is 12.8 Å². The summed E-state index contributed by atoms with van der Waals surface area (Å²) in [6, 6.07) is 0.566. The topological polar surface area (TPSA) is 12.0 Å². The Morgan fingerprint density at radius 1 is 1.21 bits per heavy atom. The number of nitrogens with one attached hydrogen (secondary N) is 1. The molecule has 0 saturated heterocycles. The maximum Gasteiger partial charge on any atom is 0.389 e. The molecule has 14 heavy (non-hydrogen) atoms. The van der Waals surface area contributed by atoms with Crippen LogP contribution in [0, 0.1) is 5.92 Å². The van der Waals surface area contributed by atoms with Crippen LogP contribution in [0.25, 0.3) is 0 Å². The van der Waals surface area contributed by atoms with Gasteiger partial charge >= 0.3 is 6.18 Å². The van der Waals surface area contributed by atoms with Gasteiger partial charge in [-0.25, -0.2) is 0 Å². The van der Waals surface area contributed by atoms with E-state index in [2.05, 4.69) is 12.2 Å². The summed E-state index contributed by atoms with van der Waals surface area (Å²) < 4.78 is 35.2. The van der Waals surface area contributed by atoms with E-state index in [-0.39, 0.29) is 6.42 Å². The van der Waals surface area contributed by atoms with E-state index >= 15 is 0 Å². The third-order valence-electron chi connectivity index (χ3n) is 2.69. The highest BCUT2D eigenvalue weighted by atomic mass is 19.4. The van der Waals surface area contributed by atoms with Gasteiger partial charge in [0, 0.05) is 12.5 Å². The van der Waals surface area contributed by atoms with Gasteiger partial charge in [0.15, 0.2) is 0 Å². The van der Waals surface area contributed by atoms with Crippen molar-refractivity contribution < 1.29 is 13.2 Å². The molecule has 1 rings (SSSR count). The molecule has 0 atom stereocenters. The molecule has 1 saturated carbocycles. The van der Waals surface area contributed by atoms with E-state index in [0.717, 1.165) is 12.5 Å². The molecule has 0 aromatic carbocycles. The Morgan fingerprint density at radius 3 is 2.36 bits per heavy atom. The lowest BCUT2D eigenvalue weighted by molar-refractivity contribution is -0.135. The van der Waals surface area contributed by atoms with Crippen molar-refractivity contribution in [1.29, 1.82) is 0 Å². The van der Waals surface area contributed by atoms with Gasteiger partial charge in [-0.05, 0) is 38.1 Å².